The number of aromatic nitrogens is 1. The summed E-state index contributed by atoms with van der Waals surface area (Å²) in [5, 5.41) is 0.760. The van der Waals surface area contributed by atoms with Gasteiger partial charge in [0.15, 0.2) is 0 Å². The number of anilines is 1. The molecule has 0 fully saturated rings. The van der Waals surface area contributed by atoms with E-state index in [1.165, 1.54) is 5.56 Å². The van der Waals surface area contributed by atoms with Crippen molar-refractivity contribution >= 4 is 17.3 Å². The summed E-state index contributed by atoms with van der Waals surface area (Å²) in [5.74, 6) is 0. The lowest BCUT2D eigenvalue weighted by Crippen LogP contribution is -2.21. The first-order valence-corrected chi connectivity index (χ1v) is 5.94. The zero-order chi connectivity index (χ0) is 12.3. The first-order valence-electron chi connectivity index (χ1n) is 5.57. The summed E-state index contributed by atoms with van der Waals surface area (Å²) in [6, 6.07) is 12.2. The van der Waals surface area contributed by atoms with E-state index in [0.717, 1.165) is 10.7 Å². The minimum absolute atomic E-state index is 0.282. The molecule has 1 aromatic heterocycles. The van der Waals surface area contributed by atoms with Crippen LogP contribution < -0.4 is 4.90 Å². The minimum atomic E-state index is 0.282. The molecule has 1 heterocycles. The van der Waals surface area contributed by atoms with Crippen molar-refractivity contribution in [3.8, 4) is 0 Å². The van der Waals surface area contributed by atoms with Crippen molar-refractivity contribution < 1.29 is 0 Å². The van der Waals surface area contributed by atoms with Crippen molar-refractivity contribution in [1.29, 1.82) is 0 Å². The monoisotopic (exact) mass is 246 g/mol. The smallest absolute Gasteiger partial charge is 0.0526 e. The number of rotatable bonds is 3. The molecule has 1 atom stereocenters. The van der Waals surface area contributed by atoms with Gasteiger partial charge in [-0.2, -0.15) is 0 Å². The lowest BCUT2D eigenvalue weighted by molar-refractivity contribution is 0.736. The van der Waals surface area contributed by atoms with Gasteiger partial charge in [-0.15, -0.1) is 0 Å². The summed E-state index contributed by atoms with van der Waals surface area (Å²) in [7, 11) is 2.07. The quantitative estimate of drug-likeness (QED) is 0.816. The number of hydrogen-bond donors (Lipinski definition) is 0. The van der Waals surface area contributed by atoms with Crippen molar-refractivity contribution in [2.75, 3.05) is 11.9 Å². The second-order valence-electron chi connectivity index (χ2n) is 4.05. The van der Waals surface area contributed by atoms with Crippen molar-refractivity contribution in [3.05, 3.63) is 59.4 Å². The highest BCUT2D eigenvalue weighted by Gasteiger charge is 2.11. The van der Waals surface area contributed by atoms with Gasteiger partial charge in [-0.05, 0) is 42.8 Å². The Morgan fingerprint density at radius 2 is 1.88 bits per heavy atom. The zero-order valence-electron chi connectivity index (χ0n) is 9.97. The van der Waals surface area contributed by atoms with E-state index in [-0.39, 0.29) is 6.04 Å². The number of benzene rings is 1. The largest absolute Gasteiger partial charge is 0.368 e. The summed E-state index contributed by atoms with van der Waals surface area (Å²) in [4.78, 5) is 6.35. The molecule has 0 aliphatic rings. The summed E-state index contributed by atoms with van der Waals surface area (Å²) in [6.45, 7) is 2.16. The SMILES string of the molecule is CC(c1cccnc1)N(C)c1ccc(Cl)cc1. The van der Waals surface area contributed by atoms with Crippen molar-refractivity contribution in [3.63, 3.8) is 0 Å². The van der Waals surface area contributed by atoms with Gasteiger partial charge in [0.05, 0.1) is 6.04 Å². The van der Waals surface area contributed by atoms with Gasteiger partial charge in [0.1, 0.15) is 0 Å². The highest BCUT2D eigenvalue weighted by atomic mass is 35.5. The molecule has 0 bridgehead atoms. The second kappa shape index (κ2) is 5.19. The third-order valence-electron chi connectivity index (χ3n) is 2.98. The Kier molecular flexibility index (Phi) is 3.64. The molecule has 2 rings (SSSR count). The number of nitrogens with zero attached hydrogens (tertiary/aromatic N) is 2. The van der Waals surface area contributed by atoms with Gasteiger partial charge >= 0.3 is 0 Å². The molecule has 88 valence electrons. The summed E-state index contributed by atoms with van der Waals surface area (Å²) in [6.07, 6.45) is 3.69. The molecule has 2 aromatic rings. The van der Waals surface area contributed by atoms with E-state index < -0.39 is 0 Å². The number of halogens is 1. The van der Waals surface area contributed by atoms with Crippen LogP contribution in [0.15, 0.2) is 48.8 Å². The standard InChI is InChI=1S/C14H15ClN2/c1-11(12-4-3-9-16-10-12)17(2)14-7-5-13(15)6-8-14/h3-11H,1-2H3. The molecule has 0 amide bonds. The van der Waals surface area contributed by atoms with Crippen LogP contribution in [-0.2, 0) is 0 Å². The summed E-state index contributed by atoms with van der Waals surface area (Å²) < 4.78 is 0. The highest BCUT2D eigenvalue weighted by Crippen LogP contribution is 2.25. The Hall–Kier alpha value is -1.54. The van der Waals surface area contributed by atoms with E-state index >= 15 is 0 Å². The molecule has 1 aromatic carbocycles. The van der Waals surface area contributed by atoms with Crippen molar-refractivity contribution in [2.45, 2.75) is 13.0 Å². The Labute approximate surface area is 107 Å². The normalized spacial score (nSPS) is 12.2. The Morgan fingerprint density at radius 1 is 1.18 bits per heavy atom. The molecule has 0 saturated heterocycles. The van der Waals surface area contributed by atoms with Crippen LogP contribution in [0.1, 0.15) is 18.5 Å². The average Bonchev–Trinajstić information content (AvgIpc) is 2.39. The van der Waals surface area contributed by atoms with E-state index in [1.807, 2.05) is 36.5 Å². The lowest BCUT2D eigenvalue weighted by atomic mass is 10.1. The molecule has 3 heteroatoms. The average molecular weight is 247 g/mol. The third-order valence-corrected chi connectivity index (χ3v) is 3.23. The van der Waals surface area contributed by atoms with E-state index in [2.05, 4.69) is 29.9 Å². The van der Waals surface area contributed by atoms with Crippen LogP contribution in [0.2, 0.25) is 5.02 Å². The van der Waals surface area contributed by atoms with Crippen LogP contribution in [0.25, 0.3) is 0 Å². The van der Waals surface area contributed by atoms with Gasteiger partial charge in [-0.25, -0.2) is 0 Å². The maximum Gasteiger partial charge on any atom is 0.0526 e. The maximum atomic E-state index is 5.88. The first kappa shape index (κ1) is 11.9. The van der Waals surface area contributed by atoms with Gasteiger partial charge in [0.2, 0.25) is 0 Å². The first-order chi connectivity index (χ1) is 8.18. The van der Waals surface area contributed by atoms with E-state index in [0.29, 0.717) is 0 Å². The van der Waals surface area contributed by atoms with Gasteiger partial charge in [0, 0.05) is 30.2 Å². The third kappa shape index (κ3) is 2.77. The molecule has 2 nitrogen and oxygen atoms in total. The summed E-state index contributed by atoms with van der Waals surface area (Å²) >= 11 is 5.88. The molecule has 0 radical (unpaired) electrons. The highest BCUT2D eigenvalue weighted by molar-refractivity contribution is 6.30. The van der Waals surface area contributed by atoms with Crippen LogP contribution in [0.4, 0.5) is 5.69 Å². The van der Waals surface area contributed by atoms with Crippen LogP contribution in [-0.4, -0.2) is 12.0 Å². The molecular formula is C14H15ClN2. The molecule has 0 saturated carbocycles. The maximum absolute atomic E-state index is 5.88. The Balaban J connectivity index is 2.20. The number of pyridine rings is 1. The van der Waals surface area contributed by atoms with Crippen LogP contribution >= 0.6 is 11.6 Å². The van der Waals surface area contributed by atoms with Gasteiger partial charge in [0.25, 0.3) is 0 Å². The van der Waals surface area contributed by atoms with Crippen molar-refractivity contribution in [2.24, 2.45) is 0 Å². The molecule has 0 N–H and O–H groups in total. The van der Waals surface area contributed by atoms with Crippen molar-refractivity contribution in [1.82, 2.24) is 4.98 Å². The van der Waals surface area contributed by atoms with Crippen LogP contribution in [0, 0.1) is 0 Å². The van der Waals surface area contributed by atoms with E-state index in [1.54, 1.807) is 6.20 Å². The predicted molar refractivity (Wildman–Crippen MR) is 72.5 cm³/mol. The lowest BCUT2D eigenvalue weighted by Gasteiger charge is -2.27. The molecule has 1 unspecified atom stereocenters. The van der Waals surface area contributed by atoms with E-state index in [9.17, 15) is 0 Å². The molecular weight excluding hydrogens is 232 g/mol. The topological polar surface area (TPSA) is 16.1 Å². The summed E-state index contributed by atoms with van der Waals surface area (Å²) in [5.41, 5.74) is 2.34. The molecule has 0 spiro atoms. The fraction of sp³-hybridized carbons (Fsp3) is 0.214. The Bertz CT molecular complexity index is 467. The van der Waals surface area contributed by atoms with Gasteiger partial charge in [-0.3, -0.25) is 4.98 Å². The van der Waals surface area contributed by atoms with Gasteiger partial charge in [-0.1, -0.05) is 17.7 Å². The predicted octanol–water partition coefficient (Wildman–Crippen LogP) is 3.93. The second-order valence-corrected chi connectivity index (χ2v) is 4.49. The molecule has 0 aliphatic carbocycles. The molecule has 0 aliphatic heterocycles. The fourth-order valence-electron chi connectivity index (χ4n) is 1.75. The fourth-order valence-corrected chi connectivity index (χ4v) is 1.87. The minimum Gasteiger partial charge on any atom is -0.368 e. The molecule has 17 heavy (non-hydrogen) atoms. The zero-order valence-corrected chi connectivity index (χ0v) is 10.7. The van der Waals surface area contributed by atoms with E-state index in [4.69, 9.17) is 11.6 Å². The Morgan fingerprint density at radius 3 is 2.47 bits per heavy atom. The van der Waals surface area contributed by atoms with Crippen LogP contribution in [0.3, 0.4) is 0 Å². The van der Waals surface area contributed by atoms with Crippen LogP contribution in [0.5, 0.6) is 0 Å². The number of hydrogen-bond acceptors (Lipinski definition) is 2. The van der Waals surface area contributed by atoms with Gasteiger partial charge < -0.3 is 4.90 Å².